The summed E-state index contributed by atoms with van der Waals surface area (Å²) in [5.41, 5.74) is 0. The van der Waals surface area contributed by atoms with Crippen molar-refractivity contribution in [1.82, 2.24) is 0 Å². The molecule has 60 heavy (non-hydrogen) atoms. The molecule has 0 aromatic carbocycles. The zero-order chi connectivity index (χ0) is 44.2. The van der Waals surface area contributed by atoms with E-state index < -0.39 is 24.3 Å². The summed E-state index contributed by atoms with van der Waals surface area (Å²) >= 11 is 0. The summed E-state index contributed by atoms with van der Waals surface area (Å²) in [7, 11) is 5.96. The molecule has 0 amide bonds. The molecule has 0 bridgehead atoms. The van der Waals surface area contributed by atoms with Crippen molar-refractivity contribution in [1.29, 1.82) is 0 Å². The van der Waals surface area contributed by atoms with Gasteiger partial charge in [0.15, 0.2) is 6.10 Å². The Bertz CT molecular complexity index is 1040. The molecular formula is C51H96NO8+. The molecule has 0 spiro atoms. The van der Waals surface area contributed by atoms with Gasteiger partial charge in [0.2, 0.25) is 0 Å². The number of aliphatic carboxylic acids is 1. The normalized spacial score (nSPS) is 13.0. The second-order valence-corrected chi connectivity index (χ2v) is 18.1. The number of carbonyl (C=O) groups excluding carboxylic acids is 2. The lowest BCUT2D eigenvalue weighted by molar-refractivity contribution is -0.870. The van der Waals surface area contributed by atoms with Crippen molar-refractivity contribution in [2.75, 3.05) is 47.5 Å². The van der Waals surface area contributed by atoms with Gasteiger partial charge in [-0.2, -0.15) is 0 Å². The van der Waals surface area contributed by atoms with E-state index in [1.54, 1.807) is 0 Å². The van der Waals surface area contributed by atoms with Gasteiger partial charge in [-0.3, -0.25) is 9.59 Å². The fourth-order valence-electron chi connectivity index (χ4n) is 7.04. The average molecular weight is 851 g/mol. The smallest absolute Gasteiger partial charge is 0.361 e. The van der Waals surface area contributed by atoms with Crippen LogP contribution in [0.2, 0.25) is 0 Å². The van der Waals surface area contributed by atoms with Gasteiger partial charge in [-0.15, -0.1) is 0 Å². The fraction of sp³-hybridized carbons (Fsp3) is 0.863. The third-order valence-electron chi connectivity index (χ3n) is 11.0. The van der Waals surface area contributed by atoms with Gasteiger partial charge >= 0.3 is 17.9 Å². The number of rotatable bonds is 46. The lowest BCUT2D eigenvalue weighted by Crippen LogP contribution is -2.40. The monoisotopic (exact) mass is 851 g/mol. The van der Waals surface area contributed by atoms with Crippen LogP contribution in [0.5, 0.6) is 0 Å². The summed E-state index contributed by atoms with van der Waals surface area (Å²) in [6.45, 7) is 4.87. The van der Waals surface area contributed by atoms with Crippen molar-refractivity contribution in [2.24, 2.45) is 0 Å². The van der Waals surface area contributed by atoms with E-state index in [9.17, 15) is 19.5 Å². The molecule has 9 heteroatoms. The van der Waals surface area contributed by atoms with Crippen LogP contribution in [0.25, 0.3) is 0 Å². The molecule has 352 valence electrons. The van der Waals surface area contributed by atoms with Crippen LogP contribution in [-0.2, 0) is 33.3 Å². The molecule has 0 saturated heterocycles. The highest BCUT2D eigenvalue weighted by Gasteiger charge is 2.25. The second kappa shape index (κ2) is 43.4. The van der Waals surface area contributed by atoms with Crippen molar-refractivity contribution in [3.05, 3.63) is 24.3 Å². The van der Waals surface area contributed by atoms with Gasteiger partial charge in [0.05, 0.1) is 34.4 Å². The largest absolute Gasteiger partial charge is 0.477 e. The van der Waals surface area contributed by atoms with Gasteiger partial charge in [0.1, 0.15) is 13.2 Å². The third-order valence-corrected chi connectivity index (χ3v) is 11.0. The number of nitrogens with zero attached hydrogens (tertiary/aromatic N) is 1. The Hall–Kier alpha value is -2.23. The van der Waals surface area contributed by atoms with Crippen LogP contribution < -0.4 is 0 Å². The fourth-order valence-corrected chi connectivity index (χ4v) is 7.04. The Morgan fingerprint density at radius 2 is 0.900 bits per heavy atom. The number of quaternary nitrogens is 1. The average Bonchev–Trinajstić information content (AvgIpc) is 3.21. The Labute approximate surface area is 369 Å². The zero-order valence-corrected chi connectivity index (χ0v) is 39.9. The molecule has 0 aliphatic rings. The highest BCUT2D eigenvalue weighted by atomic mass is 16.7. The van der Waals surface area contributed by atoms with Crippen LogP contribution >= 0.6 is 0 Å². The highest BCUT2D eigenvalue weighted by molar-refractivity contribution is 5.71. The molecule has 0 aliphatic carbocycles. The Morgan fingerprint density at radius 3 is 1.35 bits per heavy atom. The van der Waals surface area contributed by atoms with Crippen molar-refractivity contribution >= 4 is 17.9 Å². The van der Waals surface area contributed by atoms with E-state index in [0.717, 1.165) is 51.4 Å². The molecule has 0 saturated carbocycles. The number of unbranched alkanes of at least 4 members (excludes halogenated alkanes) is 27. The summed E-state index contributed by atoms with van der Waals surface area (Å²) < 4.78 is 22.8. The van der Waals surface area contributed by atoms with Crippen molar-refractivity contribution in [3.63, 3.8) is 0 Å². The van der Waals surface area contributed by atoms with E-state index in [-0.39, 0.29) is 32.2 Å². The molecular weight excluding hydrogens is 755 g/mol. The third kappa shape index (κ3) is 43.8. The van der Waals surface area contributed by atoms with Crippen LogP contribution in [0.1, 0.15) is 226 Å². The lowest BCUT2D eigenvalue weighted by atomic mass is 10.0. The van der Waals surface area contributed by atoms with Crippen LogP contribution in [0.4, 0.5) is 0 Å². The van der Waals surface area contributed by atoms with Crippen molar-refractivity contribution in [2.45, 2.75) is 238 Å². The van der Waals surface area contributed by atoms with Gasteiger partial charge in [-0.05, 0) is 44.9 Å². The summed E-state index contributed by atoms with van der Waals surface area (Å²) in [4.78, 5) is 37.2. The first kappa shape index (κ1) is 57.8. The summed E-state index contributed by atoms with van der Waals surface area (Å²) in [6.07, 6.45) is 45.2. The van der Waals surface area contributed by atoms with Crippen LogP contribution in [-0.4, -0.2) is 87.4 Å². The number of likely N-dealkylation sites (N-methyl/N-ethyl adjacent to an activating group) is 1. The van der Waals surface area contributed by atoms with Crippen LogP contribution in [0, 0.1) is 0 Å². The van der Waals surface area contributed by atoms with Gasteiger partial charge in [-0.25, -0.2) is 4.79 Å². The quantitative estimate of drug-likeness (QED) is 0.0212. The molecule has 0 aromatic heterocycles. The van der Waals surface area contributed by atoms with Gasteiger partial charge in [0.25, 0.3) is 6.29 Å². The maximum Gasteiger partial charge on any atom is 0.361 e. The molecule has 0 fully saturated rings. The topological polar surface area (TPSA) is 108 Å². The Balaban J connectivity index is 4.35. The molecule has 0 aromatic rings. The number of carbonyl (C=O) groups is 3. The maximum atomic E-state index is 12.8. The van der Waals surface area contributed by atoms with Crippen molar-refractivity contribution in [3.8, 4) is 0 Å². The van der Waals surface area contributed by atoms with Crippen LogP contribution in [0.3, 0.4) is 0 Å². The number of carboxylic acid groups (broad SMARTS) is 1. The standard InChI is InChI=1S/C51H95NO8/c1-6-8-10-12-14-16-18-20-22-24-26-27-29-31-33-35-37-39-41-48(53)58-45-47(46-59-51(50(55)56)57-44-43-52(3,4)5)60-49(54)42-40-38-36-34-32-30-28-25-23-21-19-17-15-13-11-9-7-2/h15,17,21,23,47,51H,6-14,16,18-20,22,24-46H2,1-5H3/p+1/b17-15-,23-21-. The predicted octanol–water partition coefficient (Wildman–Crippen LogP) is 13.6. The number of hydrogen-bond acceptors (Lipinski definition) is 7. The minimum absolute atomic E-state index is 0.181. The van der Waals surface area contributed by atoms with Gasteiger partial charge in [-0.1, -0.05) is 192 Å². The molecule has 0 rings (SSSR count). The zero-order valence-electron chi connectivity index (χ0n) is 39.9. The summed E-state index contributed by atoms with van der Waals surface area (Å²) in [6, 6.07) is 0. The predicted molar refractivity (Wildman–Crippen MR) is 249 cm³/mol. The maximum absolute atomic E-state index is 12.8. The minimum Gasteiger partial charge on any atom is -0.477 e. The lowest BCUT2D eigenvalue weighted by Gasteiger charge is -2.25. The number of ether oxygens (including phenoxy) is 4. The molecule has 9 nitrogen and oxygen atoms in total. The van der Waals surface area contributed by atoms with E-state index >= 15 is 0 Å². The summed E-state index contributed by atoms with van der Waals surface area (Å²) in [5, 5.41) is 9.66. The molecule has 0 heterocycles. The molecule has 2 atom stereocenters. The number of carboxylic acids is 1. The number of esters is 2. The van der Waals surface area contributed by atoms with Gasteiger partial charge in [0, 0.05) is 12.8 Å². The van der Waals surface area contributed by atoms with E-state index in [2.05, 4.69) is 38.2 Å². The second-order valence-electron chi connectivity index (χ2n) is 18.1. The Kier molecular flexibility index (Phi) is 41.8. The first-order chi connectivity index (χ1) is 29.1. The minimum atomic E-state index is -1.51. The molecule has 2 unspecified atom stereocenters. The first-order valence-electron chi connectivity index (χ1n) is 25.0. The molecule has 0 aliphatic heterocycles. The molecule has 1 N–H and O–H groups in total. The molecule has 0 radical (unpaired) electrons. The number of hydrogen-bond donors (Lipinski definition) is 1. The van der Waals surface area contributed by atoms with Crippen LogP contribution in [0.15, 0.2) is 24.3 Å². The SMILES string of the molecule is CCCCC/C=C\C/C=C\CCCCCCCCCC(=O)OC(COC(=O)CCCCCCCCCCCCCCCCCCCC)COC(OCC[N+](C)(C)C)C(=O)O. The number of allylic oxidation sites excluding steroid dienone is 4. The van der Waals surface area contributed by atoms with E-state index in [0.29, 0.717) is 23.9 Å². The van der Waals surface area contributed by atoms with E-state index in [4.69, 9.17) is 18.9 Å². The van der Waals surface area contributed by atoms with Gasteiger partial charge < -0.3 is 28.5 Å². The van der Waals surface area contributed by atoms with E-state index in [1.807, 2.05) is 21.1 Å². The first-order valence-corrected chi connectivity index (χ1v) is 25.0. The van der Waals surface area contributed by atoms with Crippen molar-refractivity contribution < 1.29 is 42.9 Å². The highest BCUT2D eigenvalue weighted by Crippen LogP contribution is 2.16. The Morgan fingerprint density at radius 1 is 0.500 bits per heavy atom. The van der Waals surface area contributed by atoms with E-state index in [1.165, 1.54) is 141 Å². The summed E-state index contributed by atoms with van der Waals surface area (Å²) in [5.74, 6) is -2.00.